The summed E-state index contributed by atoms with van der Waals surface area (Å²) < 4.78 is 17.5. The summed E-state index contributed by atoms with van der Waals surface area (Å²) in [7, 11) is 0. The van der Waals surface area contributed by atoms with Crippen molar-refractivity contribution in [2.75, 3.05) is 32.7 Å². The fourth-order valence-corrected chi connectivity index (χ4v) is 5.42. The molecule has 2 unspecified atom stereocenters. The molecule has 0 aromatic rings. The van der Waals surface area contributed by atoms with Crippen LogP contribution in [-0.2, 0) is 23.8 Å². The molecule has 0 N–H and O–H groups in total. The molecular formula is C26H35N3O5. The number of allylic oxidation sites excluding steroid dienone is 4. The fourth-order valence-electron chi connectivity index (χ4n) is 5.42. The number of rotatable bonds is 5. The van der Waals surface area contributed by atoms with Crippen LogP contribution in [0, 0.1) is 0 Å². The molecule has 0 aromatic carbocycles. The Morgan fingerprint density at radius 2 is 1.97 bits per heavy atom. The SMILES string of the molecule is CC(=O)N1CC(OC2=COC=C(C3=CC=CCC3)O2)CC1C(=O)N1CCCN(C2CCC2)CC1. The first-order valence-corrected chi connectivity index (χ1v) is 12.6. The van der Waals surface area contributed by atoms with Crippen molar-refractivity contribution in [3.05, 3.63) is 48.0 Å². The third-order valence-corrected chi connectivity index (χ3v) is 7.55. The van der Waals surface area contributed by atoms with E-state index in [-0.39, 0.29) is 23.9 Å². The van der Waals surface area contributed by atoms with E-state index in [0.717, 1.165) is 51.0 Å². The molecule has 3 fully saturated rings. The Hall–Kier alpha value is -2.74. The van der Waals surface area contributed by atoms with Gasteiger partial charge >= 0.3 is 5.95 Å². The number of ether oxygens (including phenoxy) is 3. The third-order valence-electron chi connectivity index (χ3n) is 7.55. The van der Waals surface area contributed by atoms with Crippen molar-refractivity contribution in [1.29, 1.82) is 0 Å². The minimum Gasteiger partial charge on any atom is -0.461 e. The molecule has 2 aliphatic carbocycles. The van der Waals surface area contributed by atoms with Gasteiger partial charge in [-0.15, -0.1) is 0 Å². The summed E-state index contributed by atoms with van der Waals surface area (Å²) in [5.74, 6) is 0.827. The lowest BCUT2D eigenvalue weighted by Gasteiger charge is -2.36. The Kier molecular flexibility index (Phi) is 6.94. The maximum atomic E-state index is 13.5. The molecule has 5 rings (SSSR count). The van der Waals surface area contributed by atoms with Crippen molar-refractivity contribution in [3.63, 3.8) is 0 Å². The topological polar surface area (TPSA) is 71.5 Å². The highest BCUT2D eigenvalue weighted by Gasteiger charge is 2.42. The first-order valence-electron chi connectivity index (χ1n) is 12.6. The van der Waals surface area contributed by atoms with Gasteiger partial charge in [-0.3, -0.25) is 14.5 Å². The van der Waals surface area contributed by atoms with Gasteiger partial charge in [-0.2, -0.15) is 0 Å². The van der Waals surface area contributed by atoms with Gasteiger partial charge in [0.1, 0.15) is 18.4 Å². The lowest BCUT2D eigenvalue weighted by molar-refractivity contribution is -0.142. The highest BCUT2D eigenvalue weighted by Crippen LogP contribution is 2.30. The van der Waals surface area contributed by atoms with Gasteiger partial charge < -0.3 is 24.0 Å². The molecule has 0 spiro atoms. The van der Waals surface area contributed by atoms with Crippen LogP contribution in [0.3, 0.4) is 0 Å². The molecule has 0 radical (unpaired) electrons. The molecule has 2 amide bonds. The number of carbonyl (C=O) groups excluding carboxylic acids is 2. The quantitative estimate of drug-likeness (QED) is 0.616. The van der Waals surface area contributed by atoms with E-state index in [4.69, 9.17) is 14.2 Å². The van der Waals surface area contributed by atoms with Crippen molar-refractivity contribution in [2.45, 2.75) is 70.1 Å². The minimum absolute atomic E-state index is 0.0336. The van der Waals surface area contributed by atoms with Crippen LogP contribution in [0.5, 0.6) is 0 Å². The van der Waals surface area contributed by atoms with E-state index in [0.29, 0.717) is 24.8 Å². The van der Waals surface area contributed by atoms with Crippen LogP contribution in [0.15, 0.2) is 48.0 Å². The molecule has 3 aliphatic heterocycles. The van der Waals surface area contributed by atoms with E-state index in [1.54, 1.807) is 11.2 Å². The number of hydrogen-bond donors (Lipinski definition) is 0. The van der Waals surface area contributed by atoms with Crippen LogP contribution in [-0.4, -0.2) is 77.4 Å². The van der Waals surface area contributed by atoms with Crippen LogP contribution in [0.1, 0.15) is 51.9 Å². The smallest absolute Gasteiger partial charge is 0.322 e. The zero-order chi connectivity index (χ0) is 23.5. The van der Waals surface area contributed by atoms with E-state index >= 15 is 0 Å². The number of likely N-dealkylation sites (tertiary alicyclic amines) is 1. The summed E-state index contributed by atoms with van der Waals surface area (Å²) in [6.07, 6.45) is 16.0. The molecule has 8 nitrogen and oxygen atoms in total. The molecule has 3 heterocycles. The molecule has 1 saturated carbocycles. The van der Waals surface area contributed by atoms with Crippen molar-refractivity contribution < 1.29 is 23.8 Å². The molecule has 0 aromatic heterocycles. The summed E-state index contributed by atoms with van der Waals surface area (Å²) in [5, 5.41) is 0. The van der Waals surface area contributed by atoms with E-state index in [2.05, 4.69) is 11.0 Å². The average molecular weight is 470 g/mol. The van der Waals surface area contributed by atoms with Crippen LogP contribution >= 0.6 is 0 Å². The van der Waals surface area contributed by atoms with Gasteiger partial charge in [0, 0.05) is 45.6 Å². The average Bonchev–Trinajstić information content (AvgIpc) is 3.09. The molecule has 34 heavy (non-hydrogen) atoms. The van der Waals surface area contributed by atoms with Crippen LogP contribution in [0.4, 0.5) is 0 Å². The summed E-state index contributed by atoms with van der Waals surface area (Å²) in [6, 6.07) is 0.197. The van der Waals surface area contributed by atoms with Gasteiger partial charge in [0.05, 0.1) is 6.54 Å². The van der Waals surface area contributed by atoms with Gasteiger partial charge in [0.2, 0.25) is 11.8 Å². The number of carbonyl (C=O) groups is 2. The molecule has 2 atom stereocenters. The Morgan fingerprint density at radius 1 is 1.09 bits per heavy atom. The fraction of sp³-hybridized carbons (Fsp3) is 0.615. The Morgan fingerprint density at radius 3 is 2.71 bits per heavy atom. The second-order valence-electron chi connectivity index (χ2n) is 9.78. The largest absolute Gasteiger partial charge is 0.461 e. The highest BCUT2D eigenvalue weighted by molar-refractivity contribution is 5.87. The molecule has 0 bridgehead atoms. The normalized spacial score (nSPS) is 28.1. The zero-order valence-corrected chi connectivity index (χ0v) is 20.0. The van der Waals surface area contributed by atoms with Crippen molar-refractivity contribution in [3.8, 4) is 0 Å². The molecule has 8 heteroatoms. The maximum absolute atomic E-state index is 13.5. The predicted molar refractivity (Wildman–Crippen MR) is 126 cm³/mol. The third kappa shape index (κ3) is 5.02. The number of amides is 2. The lowest BCUT2D eigenvalue weighted by Crippen LogP contribution is -2.48. The minimum atomic E-state index is -0.496. The molecule has 2 saturated heterocycles. The van der Waals surface area contributed by atoms with Crippen molar-refractivity contribution in [1.82, 2.24) is 14.7 Å². The van der Waals surface area contributed by atoms with E-state index in [1.165, 1.54) is 32.4 Å². The van der Waals surface area contributed by atoms with Crippen LogP contribution in [0.2, 0.25) is 0 Å². The molecule has 184 valence electrons. The number of hydrogen-bond acceptors (Lipinski definition) is 6. The van der Waals surface area contributed by atoms with Crippen molar-refractivity contribution in [2.24, 2.45) is 0 Å². The predicted octanol–water partition coefficient (Wildman–Crippen LogP) is 3.04. The van der Waals surface area contributed by atoms with Crippen molar-refractivity contribution >= 4 is 11.8 Å². The first kappa shape index (κ1) is 23.0. The summed E-state index contributed by atoms with van der Waals surface area (Å²) in [4.78, 5) is 32.0. The first-order chi connectivity index (χ1) is 16.6. The van der Waals surface area contributed by atoms with Gasteiger partial charge in [0.15, 0.2) is 12.0 Å². The number of nitrogens with zero attached hydrogens (tertiary/aromatic N) is 3. The van der Waals surface area contributed by atoms with Gasteiger partial charge in [-0.1, -0.05) is 24.6 Å². The van der Waals surface area contributed by atoms with E-state index in [9.17, 15) is 9.59 Å². The second kappa shape index (κ2) is 10.3. The molecule has 5 aliphatic rings. The van der Waals surface area contributed by atoms with E-state index < -0.39 is 6.04 Å². The van der Waals surface area contributed by atoms with Gasteiger partial charge in [0.25, 0.3) is 0 Å². The lowest BCUT2D eigenvalue weighted by atomic mass is 9.91. The Bertz CT molecular complexity index is 919. The zero-order valence-electron chi connectivity index (χ0n) is 20.0. The van der Waals surface area contributed by atoms with E-state index in [1.807, 2.05) is 17.1 Å². The summed E-state index contributed by atoms with van der Waals surface area (Å²) in [5.41, 5.74) is 1.05. The second-order valence-corrected chi connectivity index (χ2v) is 9.78. The standard InChI is InChI=1S/C26H35N3O5/c1-19(30)29-16-22(33-25-18-32-17-24(34-25)20-7-3-2-4-8-20)15-23(29)26(31)28-12-6-11-27(13-14-28)21-9-5-10-21/h2-3,7,17-18,21-23H,4-6,8-16H2,1H3. The molecular weight excluding hydrogens is 434 g/mol. The summed E-state index contributed by atoms with van der Waals surface area (Å²) >= 11 is 0. The maximum Gasteiger partial charge on any atom is 0.322 e. The van der Waals surface area contributed by atoms with Crippen LogP contribution < -0.4 is 0 Å². The monoisotopic (exact) mass is 469 g/mol. The Labute approximate surface area is 201 Å². The Balaban J connectivity index is 1.19. The summed E-state index contributed by atoms with van der Waals surface area (Å²) in [6.45, 7) is 5.32. The van der Waals surface area contributed by atoms with Gasteiger partial charge in [-0.25, -0.2) is 0 Å². The highest BCUT2D eigenvalue weighted by atomic mass is 16.7. The van der Waals surface area contributed by atoms with Gasteiger partial charge in [-0.05, 0) is 37.7 Å². The van der Waals surface area contributed by atoms with Crippen LogP contribution in [0.25, 0.3) is 0 Å².